The van der Waals surface area contributed by atoms with Gasteiger partial charge in [-0.3, -0.25) is 4.79 Å². The quantitative estimate of drug-likeness (QED) is 0.768. The SMILES string of the molecule is CCCCC(=O)N1CCc2cc(F)ccc21. The predicted octanol–water partition coefficient (Wildman–Crippen LogP) is 2.91. The molecule has 0 spiro atoms. The van der Waals surface area contributed by atoms with Crippen molar-refractivity contribution in [1.29, 1.82) is 0 Å². The van der Waals surface area contributed by atoms with Crippen LogP contribution in [0.3, 0.4) is 0 Å². The summed E-state index contributed by atoms with van der Waals surface area (Å²) in [6, 6.07) is 4.66. The van der Waals surface area contributed by atoms with Crippen LogP contribution >= 0.6 is 0 Å². The van der Waals surface area contributed by atoms with Gasteiger partial charge < -0.3 is 4.90 Å². The molecule has 3 heteroatoms. The van der Waals surface area contributed by atoms with Gasteiger partial charge in [-0.25, -0.2) is 4.39 Å². The zero-order valence-electron chi connectivity index (χ0n) is 9.50. The molecule has 1 aromatic carbocycles. The smallest absolute Gasteiger partial charge is 0.226 e. The third kappa shape index (κ3) is 2.08. The van der Waals surface area contributed by atoms with Crippen molar-refractivity contribution in [1.82, 2.24) is 0 Å². The Hall–Kier alpha value is -1.38. The van der Waals surface area contributed by atoms with Crippen LogP contribution in [0.25, 0.3) is 0 Å². The van der Waals surface area contributed by atoms with Crippen LogP contribution in [-0.4, -0.2) is 12.5 Å². The minimum atomic E-state index is -0.221. The van der Waals surface area contributed by atoms with Gasteiger partial charge in [-0.05, 0) is 36.6 Å². The van der Waals surface area contributed by atoms with E-state index in [9.17, 15) is 9.18 Å². The fraction of sp³-hybridized carbons (Fsp3) is 0.462. The van der Waals surface area contributed by atoms with Gasteiger partial charge in [0.2, 0.25) is 5.91 Å². The second-order valence-corrected chi connectivity index (χ2v) is 4.17. The van der Waals surface area contributed by atoms with E-state index in [1.807, 2.05) is 0 Å². The van der Waals surface area contributed by atoms with Crippen molar-refractivity contribution >= 4 is 11.6 Å². The number of hydrogen-bond donors (Lipinski definition) is 0. The number of hydrogen-bond acceptors (Lipinski definition) is 1. The molecular weight excluding hydrogens is 205 g/mol. The van der Waals surface area contributed by atoms with E-state index < -0.39 is 0 Å². The monoisotopic (exact) mass is 221 g/mol. The van der Waals surface area contributed by atoms with Crippen LogP contribution < -0.4 is 4.90 Å². The van der Waals surface area contributed by atoms with Gasteiger partial charge in [0, 0.05) is 18.7 Å². The molecule has 2 rings (SSSR count). The van der Waals surface area contributed by atoms with Gasteiger partial charge in [0.15, 0.2) is 0 Å². The molecule has 1 amide bonds. The highest BCUT2D eigenvalue weighted by Gasteiger charge is 2.24. The molecule has 1 aliphatic rings. The summed E-state index contributed by atoms with van der Waals surface area (Å²) in [7, 11) is 0. The third-order valence-corrected chi connectivity index (χ3v) is 2.98. The van der Waals surface area contributed by atoms with Crippen molar-refractivity contribution in [2.24, 2.45) is 0 Å². The van der Waals surface area contributed by atoms with Crippen LogP contribution in [0.1, 0.15) is 31.7 Å². The van der Waals surface area contributed by atoms with Crippen LogP contribution in [0.4, 0.5) is 10.1 Å². The fourth-order valence-corrected chi connectivity index (χ4v) is 2.09. The Kier molecular flexibility index (Phi) is 3.22. The maximum atomic E-state index is 13.0. The average molecular weight is 221 g/mol. The van der Waals surface area contributed by atoms with E-state index in [0.717, 1.165) is 30.5 Å². The van der Waals surface area contributed by atoms with Gasteiger partial charge in [0.1, 0.15) is 5.82 Å². The number of halogens is 1. The van der Waals surface area contributed by atoms with Gasteiger partial charge >= 0.3 is 0 Å². The molecule has 1 aliphatic heterocycles. The lowest BCUT2D eigenvalue weighted by atomic mass is 10.1. The number of anilines is 1. The van der Waals surface area contributed by atoms with Crippen LogP contribution in [0.5, 0.6) is 0 Å². The molecule has 0 bridgehead atoms. The zero-order valence-corrected chi connectivity index (χ0v) is 9.50. The minimum absolute atomic E-state index is 0.159. The molecule has 0 atom stereocenters. The van der Waals surface area contributed by atoms with Crippen molar-refractivity contribution < 1.29 is 9.18 Å². The molecule has 16 heavy (non-hydrogen) atoms. The van der Waals surface area contributed by atoms with Crippen LogP contribution in [-0.2, 0) is 11.2 Å². The van der Waals surface area contributed by atoms with E-state index in [2.05, 4.69) is 6.92 Å². The highest BCUT2D eigenvalue weighted by atomic mass is 19.1. The first-order valence-electron chi connectivity index (χ1n) is 5.81. The van der Waals surface area contributed by atoms with E-state index in [1.165, 1.54) is 12.1 Å². The molecule has 0 fully saturated rings. The van der Waals surface area contributed by atoms with Crippen LogP contribution in [0, 0.1) is 5.82 Å². The van der Waals surface area contributed by atoms with Gasteiger partial charge in [-0.15, -0.1) is 0 Å². The lowest BCUT2D eigenvalue weighted by Gasteiger charge is -2.17. The predicted molar refractivity (Wildman–Crippen MR) is 62.0 cm³/mol. The Balaban J connectivity index is 2.14. The molecular formula is C13H16FNO. The number of carbonyl (C=O) groups excluding carboxylic acids is 1. The third-order valence-electron chi connectivity index (χ3n) is 2.98. The molecule has 86 valence electrons. The Labute approximate surface area is 95.1 Å². The van der Waals surface area contributed by atoms with Crippen molar-refractivity contribution in [3.05, 3.63) is 29.6 Å². The van der Waals surface area contributed by atoms with E-state index in [1.54, 1.807) is 11.0 Å². The summed E-state index contributed by atoms with van der Waals surface area (Å²) in [4.78, 5) is 13.7. The Morgan fingerprint density at radius 3 is 3.06 bits per heavy atom. The number of fused-ring (bicyclic) bond motifs is 1. The molecule has 2 nitrogen and oxygen atoms in total. The van der Waals surface area contributed by atoms with Crippen molar-refractivity contribution in [2.75, 3.05) is 11.4 Å². The standard InChI is InChI=1S/C13H16FNO/c1-2-3-4-13(16)15-8-7-10-9-11(14)5-6-12(10)15/h5-6,9H,2-4,7-8H2,1H3. The molecule has 0 unspecified atom stereocenters. The van der Waals surface area contributed by atoms with Gasteiger partial charge in [0.25, 0.3) is 0 Å². The molecule has 1 heterocycles. The maximum absolute atomic E-state index is 13.0. The molecule has 0 N–H and O–H groups in total. The molecule has 0 aromatic heterocycles. The lowest BCUT2D eigenvalue weighted by Crippen LogP contribution is -2.28. The molecule has 0 radical (unpaired) electrons. The number of nitrogens with zero attached hydrogens (tertiary/aromatic N) is 1. The summed E-state index contributed by atoms with van der Waals surface area (Å²) in [5.74, 6) is -0.0613. The number of rotatable bonds is 3. The number of amides is 1. The Morgan fingerprint density at radius 1 is 1.50 bits per heavy atom. The molecule has 1 aromatic rings. The summed E-state index contributed by atoms with van der Waals surface area (Å²) in [6.45, 7) is 2.77. The van der Waals surface area contributed by atoms with E-state index in [4.69, 9.17) is 0 Å². The van der Waals surface area contributed by atoms with Gasteiger partial charge in [-0.1, -0.05) is 13.3 Å². The maximum Gasteiger partial charge on any atom is 0.226 e. The minimum Gasteiger partial charge on any atom is -0.312 e. The van der Waals surface area contributed by atoms with Crippen molar-refractivity contribution in [3.8, 4) is 0 Å². The highest BCUT2D eigenvalue weighted by molar-refractivity contribution is 5.95. The van der Waals surface area contributed by atoms with Gasteiger partial charge in [-0.2, -0.15) is 0 Å². The Morgan fingerprint density at radius 2 is 2.31 bits per heavy atom. The van der Waals surface area contributed by atoms with Crippen LogP contribution in [0.2, 0.25) is 0 Å². The number of carbonyl (C=O) groups is 1. The zero-order chi connectivity index (χ0) is 11.5. The largest absolute Gasteiger partial charge is 0.312 e. The second kappa shape index (κ2) is 4.64. The summed E-state index contributed by atoms with van der Waals surface area (Å²) in [5.41, 5.74) is 1.84. The van der Waals surface area contributed by atoms with Crippen molar-refractivity contribution in [2.45, 2.75) is 32.6 Å². The van der Waals surface area contributed by atoms with Crippen molar-refractivity contribution in [3.63, 3.8) is 0 Å². The first kappa shape index (κ1) is 11.1. The fourth-order valence-electron chi connectivity index (χ4n) is 2.09. The topological polar surface area (TPSA) is 20.3 Å². The Bertz CT molecular complexity index is 403. The number of unbranched alkanes of at least 4 members (excludes halogenated alkanes) is 1. The summed E-state index contributed by atoms with van der Waals surface area (Å²) in [5, 5.41) is 0. The van der Waals surface area contributed by atoms with E-state index in [-0.39, 0.29) is 11.7 Å². The van der Waals surface area contributed by atoms with E-state index in [0.29, 0.717) is 13.0 Å². The average Bonchev–Trinajstić information content (AvgIpc) is 2.68. The second-order valence-electron chi connectivity index (χ2n) is 4.17. The summed E-state index contributed by atoms with van der Waals surface area (Å²) >= 11 is 0. The first-order valence-corrected chi connectivity index (χ1v) is 5.81. The molecule has 0 saturated heterocycles. The lowest BCUT2D eigenvalue weighted by molar-refractivity contribution is -0.118. The first-order chi connectivity index (χ1) is 7.72. The van der Waals surface area contributed by atoms with Crippen LogP contribution in [0.15, 0.2) is 18.2 Å². The normalized spacial score (nSPS) is 14.0. The number of benzene rings is 1. The molecule has 0 saturated carbocycles. The highest BCUT2D eigenvalue weighted by Crippen LogP contribution is 2.29. The van der Waals surface area contributed by atoms with E-state index >= 15 is 0 Å². The summed E-state index contributed by atoms with van der Waals surface area (Å²) in [6.07, 6.45) is 3.31. The summed E-state index contributed by atoms with van der Waals surface area (Å²) < 4.78 is 13.0. The van der Waals surface area contributed by atoms with Gasteiger partial charge in [0.05, 0.1) is 0 Å². The molecule has 0 aliphatic carbocycles.